The van der Waals surface area contributed by atoms with Crippen LogP contribution in [0.2, 0.25) is 0 Å². The third-order valence-electron chi connectivity index (χ3n) is 2.89. The number of primary sulfonamides is 1. The number of hydrogen-bond donors (Lipinski definition) is 1. The van der Waals surface area contributed by atoms with E-state index in [0.717, 1.165) is 0 Å². The van der Waals surface area contributed by atoms with E-state index in [0.29, 0.717) is 11.3 Å². The molecule has 0 saturated carbocycles. The number of nitrogens with two attached hydrogens (primary N) is 1. The zero-order valence-electron chi connectivity index (χ0n) is 9.63. The molecule has 1 aromatic rings. The normalized spacial score (nSPS) is 20.5. The molecule has 1 fully saturated rings. The Morgan fingerprint density at radius 3 is 2.72 bits per heavy atom. The maximum absolute atomic E-state index is 12.9. The molecular weight excluding hydrogens is 261 g/mol. The quantitative estimate of drug-likeness (QED) is 0.763. The van der Waals surface area contributed by atoms with Crippen molar-refractivity contribution in [2.24, 2.45) is 5.14 Å². The van der Waals surface area contributed by atoms with Gasteiger partial charge in [-0.2, -0.15) is 4.39 Å². The first kappa shape index (κ1) is 12.9. The van der Waals surface area contributed by atoms with Crippen LogP contribution in [0.25, 0.3) is 0 Å². The number of sulfonamides is 1. The number of pyridine rings is 1. The van der Waals surface area contributed by atoms with Crippen LogP contribution in [0.5, 0.6) is 0 Å². The SMILES string of the molecule is Cc1cc(F)ncc1N1CC(S(N)(=O)=O)CC1=O. The van der Waals surface area contributed by atoms with E-state index in [4.69, 9.17) is 5.14 Å². The van der Waals surface area contributed by atoms with Crippen LogP contribution in [0.3, 0.4) is 0 Å². The molecule has 2 rings (SSSR count). The molecular formula is C10H12FN3O3S. The van der Waals surface area contributed by atoms with Gasteiger partial charge in [-0.25, -0.2) is 18.5 Å². The Kier molecular flexibility index (Phi) is 3.07. The van der Waals surface area contributed by atoms with Gasteiger partial charge in [0.2, 0.25) is 21.9 Å². The van der Waals surface area contributed by atoms with Gasteiger partial charge in [0, 0.05) is 13.0 Å². The Morgan fingerprint density at radius 1 is 1.56 bits per heavy atom. The van der Waals surface area contributed by atoms with Crippen molar-refractivity contribution in [1.29, 1.82) is 0 Å². The number of hydrogen-bond acceptors (Lipinski definition) is 4. The summed E-state index contributed by atoms with van der Waals surface area (Å²) in [5.74, 6) is -1.00. The average molecular weight is 273 g/mol. The maximum Gasteiger partial charge on any atom is 0.228 e. The van der Waals surface area contributed by atoms with Gasteiger partial charge in [-0.05, 0) is 18.6 Å². The van der Waals surface area contributed by atoms with Crippen LogP contribution < -0.4 is 10.0 Å². The highest BCUT2D eigenvalue weighted by Gasteiger charge is 2.37. The smallest absolute Gasteiger partial charge is 0.228 e. The van der Waals surface area contributed by atoms with Crippen molar-refractivity contribution in [2.75, 3.05) is 11.4 Å². The van der Waals surface area contributed by atoms with Gasteiger partial charge in [0.05, 0.1) is 11.9 Å². The molecule has 1 atom stereocenters. The number of halogens is 1. The number of carbonyl (C=O) groups excluding carboxylic acids is 1. The monoisotopic (exact) mass is 273 g/mol. The van der Waals surface area contributed by atoms with Crippen molar-refractivity contribution in [3.8, 4) is 0 Å². The Hall–Kier alpha value is -1.54. The summed E-state index contributed by atoms with van der Waals surface area (Å²) in [7, 11) is -3.75. The summed E-state index contributed by atoms with van der Waals surface area (Å²) in [4.78, 5) is 16.5. The highest BCUT2D eigenvalue weighted by Crippen LogP contribution is 2.26. The van der Waals surface area contributed by atoms with Crippen LogP contribution in [-0.4, -0.2) is 31.1 Å². The summed E-state index contributed by atoms with van der Waals surface area (Å²) < 4.78 is 35.3. The van der Waals surface area contributed by atoms with Gasteiger partial charge in [0.1, 0.15) is 5.25 Å². The van der Waals surface area contributed by atoms with E-state index in [1.54, 1.807) is 6.92 Å². The molecule has 2 heterocycles. The molecule has 18 heavy (non-hydrogen) atoms. The van der Waals surface area contributed by atoms with Crippen LogP contribution in [0.15, 0.2) is 12.3 Å². The molecule has 1 saturated heterocycles. The lowest BCUT2D eigenvalue weighted by molar-refractivity contribution is -0.117. The third kappa shape index (κ3) is 2.34. The van der Waals surface area contributed by atoms with E-state index in [-0.39, 0.29) is 18.9 Å². The van der Waals surface area contributed by atoms with E-state index in [1.165, 1.54) is 17.2 Å². The summed E-state index contributed by atoms with van der Waals surface area (Å²) in [6.45, 7) is 1.60. The number of amides is 1. The lowest BCUT2D eigenvalue weighted by Gasteiger charge is -2.18. The van der Waals surface area contributed by atoms with Crippen LogP contribution >= 0.6 is 0 Å². The van der Waals surface area contributed by atoms with Crippen molar-refractivity contribution in [2.45, 2.75) is 18.6 Å². The van der Waals surface area contributed by atoms with Gasteiger partial charge >= 0.3 is 0 Å². The van der Waals surface area contributed by atoms with Crippen LogP contribution in [0, 0.1) is 12.9 Å². The second-order valence-corrected chi connectivity index (χ2v) is 6.06. The molecule has 1 aromatic heterocycles. The van der Waals surface area contributed by atoms with Crippen molar-refractivity contribution in [1.82, 2.24) is 4.98 Å². The minimum atomic E-state index is -3.75. The minimum Gasteiger partial charge on any atom is -0.309 e. The van der Waals surface area contributed by atoms with Crippen molar-refractivity contribution >= 4 is 21.6 Å². The molecule has 2 N–H and O–H groups in total. The van der Waals surface area contributed by atoms with Crippen LogP contribution in [0.1, 0.15) is 12.0 Å². The first-order valence-corrected chi connectivity index (χ1v) is 6.84. The average Bonchev–Trinajstić information content (AvgIpc) is 2.60. The Balaban J connectivity index is 2.33. The number of rotatable bonds is 2. The largest absolute Gasteiger partial charge is 0.309 e. The molecule has 1 aliphatic rings. The fourth-order valence-corrected chi connectivity index (χ4v) is 2.66. The second kappa shape index (κ2) is 4.29. The first-order chi connectivity index (χ1) is 8.29. The standard InChI is InChI=1S/C10H12FN3O3S/c1-6-2-9(11)13-4-8(6)14-5-7(3-10(14)15)18(12,16)17/h2,4,7H,3,5H2,1H3,(H2,12,16,17). The molecule has 0 aromatic carbocycles. The molecule has 8 heteroatoms. The maximum atomic E-state index is 12.9. The number of nitrogens with zero attached hydrogens (tertiary/aromatic N) is 2. The zero-order chi connectivity index (χ0) is 13.5. The van der Waals surface area contributed by atoms with Gasteiger partial charge < -0.3 is 4.90 Å². The van der Waals surface area contributed by atoms with Crippen molar-refractivity contribution in [3.63, 3.8) is 0 Å². The van der Waals surface area contributed by atoms with E-state index in [1.807, 2.05) is 0 Å². The molecule has 0 aliphatic carbocycles. The fourth-order valence-electron chi connectivity index (χ4n) is 1.92. The van der Waals surface area contributed by atoms with E-state index < -0.39 is 21.2 Å². The van der Waals surface area contributed by atoms with Gasteiger partial charge in [-0.3, -0.25) is 4.79 Å². The number of carbonyl (C=O) groups is 1. The topological polar surface area (TPSA) is 93.4 Å². The van der Waals surface area contributed by atoms with E-state index >= 15 is 0 Å². The van der Waals surface area contributed by atoms with Gasteiger partial charge in [-0.1, -0.05) is 0 Å². The number of aromatic nitrogens is 1. The lowest BCUT2D eigenvalue weighted by Crippen LogP contribution is -2.32. The minimum absolute atomic E-state index is 0.0220. The van der Waals surface area contributed by atoms with Gasteiger partial charge in [0.25, 0.3) is 0 Å². The highest BCUT2D eigenvalue weighted by atomic mass is 32.2. The molecule has 0 bridgehead atoms. The summed E-state index contributed by atoms with van der Waals surface area (Å²) in [6, 6.07) is 1.19. The van der Waals surface area contributed by atoms with Gasteiger partial charge in [-0.15, -0.1) is 0 Å². The molecule has 0 spiro atoms. The van der Waals surface area contributed by atoms with Crippen molar-refractivity contribution in [3.05, 3.63) is 23.8 Å². The fraction of sp³-hybridized carbons (Fsp3) is 0.400. The summed E-state index contributed by atoms with van der Waals surface area (Å²) in [5.41, 5.74) is 0.929. The van der Waals surface area contributed by atoms with E-state index in [9.17, 15) is 17.6 Å². The highest BCUT2D eigenvalue weighted by molar-refractivity contribution is 7.89. The number of aryl methyl sites for hydroxylation is 1. The Morgan fingerprint density at radius 2 is 2.22 bits per heavy atom. The third-order valence-corrected chi connectivity index (χ3v) is 4.14. The summed E-state index contributed by atoms with van der Waals surface area (Å²) >= 11 is 0. The van der Waals surface area contributed by atoms with Crippen LogP contribution in [0.4, 0.5) is 10.1 Å². The Bertz CT molecular complexity index is 602. The van der Waals surface area contributed by atoms with E-state index in [2.05, 4.69) is 4.98 Å². The van der Waals surface area contributed by atoms with Crippen molar-refractivity contribution < 1.29 is 17.6 Å². The molecule has 1 aliphatic heterocycles. The Labute approximate surface area is 104 Å². The molecule has 1 unspecified atom stereocenters. The van der Waals surface area contributed by atoms with Crippen LogP contribution in [-0.2, 0) is 14.8 Å². The zero-order valence-corrected chi connectivity index (χ0v) is 10.4. The molecule has 6 nitrogen and oxygen atoms in total. The predicted molar refractivity (Wildman–Crippen MR) is 62.8 cm³/mol. The second-order valence-electron chi connectivity index (χ2n) is 4.21. The molecule has 98 valence electrons. The first-order valence-electron chi connectivity index (χ1n) is 5.23. The predicted octanol–water partition coefficient (Wildman–Crippen LogP) is -0.0771. The van der Waals surface area contributed by atoms with Gasteiger partial charge in [0.15, 0.2) is 0 Å². The number of anilines is 1. The summed E-state index contributed by atoms with van der Waals surface area (Å²) in [5, 5.41) is 4.10. The summed E-state index contributed by atoms with van der Waals surface area (Å²) in [6.07, 6.45) is 1.06. The molecule has 1 amide bonds. The lowest BCUT2D eigenvalue weighted by atomic mass is 10.2. The molecule has 0 radical (unpaired) electrons.